The Bertz CT molecular complexity index is 408. The monoisotopic (exact) mass is 294 g/mol. The van der Waals surface area contributed by atoms with Gasteiger partial charge in [-0.15, -0.1) is 0 Å². The number of rotatable bonds is 3. The molecule has 5 heteroatoms. The van der Waals surface area contributed by atoms with Crippen LogP contribution in [-0.4, -0.2) is 47.1 Å². The van der Waals surface area contributed by atoms with Gasteiger partial charge >= 0.3 is 0 Å². The van der Waals surface area contributed by atoms with Crippen LogP contribution in [0.15, 0.2) is 0 Å². The Morgan fingerprint density at radius 3 is 2.43 bits per heavy atom. The number of nitrogens with one attached hydrogen (secondary N) is 1. The van der Waals surface area contributed by atoms with E-state index < -0.39 is 6.10 Å². The third-order valence-corrected chi connectivity index (χ3v) is 5.09. The Labute approximate surface area is 126 Å². The second kappa shape index (κ2) is 6.34. The fraction of sp³-hybridized carbons (Fsp3) is 0.875. The minimum absolute atomic E-state index is 0.0225. The highest BCUT2D eigenvalue weighted by molar-refractivity contribution is 5.83. The van der Waals surface area contributed by atoms with E-state index in [4.69, 9.17) is 0 Å². The normalized spacial score (nSPS) is 33.6. The number of nitrogens with zero attached hydrogens (tertiary/aromatic N) is 1. The topological polar surface area (TPSA) is 69.6 Å². The van der Waals surface area contributed by atoms with E-state index in [0.717, 1.165) is 57.9 Å². The number of aliphatic hydroxyl groups is 1. The maximum atomic E-state index is 12.4. The molecular weight excluding hydrogens is 268 g/mol. The zero-order valence-electron chi connectivity index (χ0n) is 12.6. The van der Waals surface area contributed by atoms with Gasteiger partial charge < -0.3 is 15.3 Å². The number of piperidine rings is 1. The van der Waals surface area contributed by atoms with Gasteiger partial charge in [-0.05, 0) is 38.5 Å². The van der Waals surface area contributed by atoms with Crippen LogP contribution in [0.1, 0.15) is 51.4 Å². The number of hydrogen-bond acceptors (Lipinski definition) is 3. The predicted octanol–water partition coefficient (Wildman–Crippen LogP) is 1.05. The third-order valence-electron chi connectivity index (χ3n) is 5.09. The second-order valence-corrected chi connectivity index (χ2v) is 6.86. The molecule has 0 spiro atoms. The summed E-state index contributed by atoms with van der Waals surface area (Å²) in [5.74, 6) is 0.391. The first kappa shape index (κ1) is 14.8. The SMILES string of the molecule is O=C(N[C@@H]1CCCC[C@H]1O)C1CCCN(C(=O)C2CC2)C1. The van der Waals surface area contributed by atoms with Gasteiger partial charge in [0.05, 0.1) is 18.1 Å². The lowest BCUT2D eigenvalue weighted by atomic mass is 9.91. The lowest BCUT2D eigenvalue weighted by Crippen LogP contribution is -2.51. The van der Waals surface area contributed by atoms with Gasteiger partial charge in [0.15, 0.2) is 0 Å². The molecule has 0 aromatic carbocycles. The highest BCUT2D eigenvalue weighted by Gasteiger charge is 2.37. The molecule has 2 saturated carbocycles. The van der Waals surface area contributed by atoms with E-state index in [0.29, 0.717) is 6.54 Å². The van der Waals surface area contributed by atoms with Crippen molar-refractivity contribution in [1.82, 2.24) is 10.2 Å². The second-order valence-electron chi connectivity index (χ2n) is 6.86. The molecule has 118 valence electrons. The van der Waals surface area contributed by atoms with Crippen molar-refractivity contribution in [2.45, 2.75) is 63.5 Å². The van der Waals surface area contributed by atoms with Crippen molar-refractivity contribution < 1.29 is 14.7 Å². The van der Waals surface area contributed by atoms with Crippen LogP contribution in [0.2, 0.25) is 0 Å². The number of carbonyl (C=O) groups excluding carboxylic acids is 2. The van der Waals surface area contributed by atoms with Crippen LogP contribution < -0.4 is 5.32 Å². The fourth-order valence-electron chi connectivity index (χ4n) is 3.56. The van der Waals surface area contributed by atoms with Gasteiger partial charge in [0, 0.05) is 19.0 Å². The first-order valence-electron chi connectivity index (χ1n) is 8.42. The third kappa shape index (κ3) is 3.57. The molecule has 3 rings (SSSR count). The lowest BCUT2D eigenvalue weighted by molar-refractivity contribution is -0.137. The molecule has 1 saturated heterocycles. The van der Waals surface area contributed by atoms with E-state index in [1.165, 1.54) is 0 Å². The smallest absolute Gasteiger partial charge is 0.225 e. The van der Waals surface area contributed by atoms with Crippen LogP contribution in [0.3, 0.4) is 0 Å². The molecular formula is C16H26N2O3. The maximum absolute atomic E-state index is 12.4. The lowest BCUT2D eigenvalue weighted by Gasteiger charge is -2.34. The maximum Gasteiger partial charge on any atom is 0.225 e. The van der Waals surface area contributed by atoms with Crippen LogP contribution >= 0.6 is 0 Å². The molecule has 3 atom stereocenters. The van der Waals surface area contributed by atoms with E-state index in [-0.39, 0.29) is 29.7 Å². The number of carbonyl (C=O) groups is 2. The van der Waals surface area contributed by atoms with Crippen LogP contribution in [0, 0.1) is 11.8 Å². The summed E-state index contributed by atoms with van der Waals surface area (Å²) >= 11 is 0. The average molecular weight is 294 g/mol. The fourth-order valence-corrected chi connectivity index (χ4v) is 3.56. The number of hydrogen-bond donors (Lipinski definition) is 2. The summed E-state index contributed by atoms with van der Waals surface area (Å²) in [5.41, 5.74) is 0. The van der Waals surface area contributed by atoms with Gasteiger partial charge in [0.25, 0.3) is 0 Å². The van der Waals surface area contributed by atoms with Crippen LogP contribution in [0.5, 0.6) is 0 Å². The van der Waals surface area contributed by atoms with E-state index in [1.54, 1.807) is 0 Å². The quantitative estimate of drug-likeness (QED) is 0.817. The van der Waals surface area contributed by atoms with Crippen molar-refractivity contribution >= 4 is 11.8 Å². The molecule has 2 N–H and O–H groups in total. The van der Waals surface area contributed by atoms with E-state index >= 15 is 0 Å². The minimum atomic E-state index is -0.407. The zero-order chi connectivity index (χ0) is 14.8. The molecule has 3 aliphatic rings. The van der Waals surface area contributed by atoms with Crippen LogP contribution in [0.4, 0.5) is 0 Å². The average Bonchev–Trinajstić information content (AvgIpc) is 3.34. The largest absolute Gasteiger partial charge is 0.391 e. The Morgan fingerprint density at radius 1 is 0.952 bits per heavy atom. The molecule has 5 nitrogen and oxygen atoms in total. The van der Waals surface area contributed by atoms with Gasteiger partial charge in [0.2, 0.25) is 11.8 Å². The molecule has 1 unspecified atom stereocenters. The summed E-state index contributed by atoms with van der Waals surface area (Å²) < 4.78 is 0. The number of likely N-dealkylation sites (tertiary alicyclic amines) is 1. The summed E-state index contributed by atoms with van der Waals surface area (Å²) in [5, 5.41) is 13.0. The van der Waals surface area contributed by atoms with Gasteiger partial charge in [-0.2, -0.15) is 0 Å². The molecule has 0 aromatic rings. The molecule has 0 aromatic heterocycles. The molecule has 2 amide bonds. The predicted molar refractivity (Wildman–Crippen MR) is 78.4 cm³/mol. The van der Waals surface area contributed by atoms with E-state index in [9.17, 15) is 14.7 Å². The Kier molecular flexibility index (Phi) is 4.48. The van der Waals surface area contributed by atoms with Crippen molar-refractivity contribution in [3.05, 3.63) is 0 Å². The van der Waals surface area contributed by atoms with E-state index in [2.05, 4.69) is 5.32 Å². The van der Waals surface area contributed by atoms with Crippen molar-refractivity contribution in [3.8, 4) is 0 Å². The highest BCUT2D eigenvalue weighted by Crippen LogP contribution is 2.32. The van der Waals surface area contributed by atoms with Crippen molar-refractivity contribution in [3.63, 3.8) is 0 Å². The summed E-state index contributed by atoms with van der Waals surface area (Å²) in [4.78, 5) is 26.4. The molecule has 0 bridgehead atoms. The van der Waals surface area contributed by atoms with Crippen LogP contribution in [0.25, 0.3) is 0 Å². The summed E-state index contributed by atoms with van der Waals surface area (Å²) in [7, 11) is 0. The van der Waals surface area contributed by atoms with Crippen LogP contribution in [-0.2, 0) is 9.59 Å². The van der Waals surface area contributed by atoms with Gasteiger partial charge in [-0.1, -0.05) is 12.8 Å². The van der Waals surface area contributed by atoms with Gasteiger partial charge in [0.1, 0.15) is 0 Å². The number of amides is 2. The molecule has 0 radical (unpaired) electrons. The summed E-state index contributed by atoms with van der Waals surface area (Å²) in [6.45, 7) is 1.36. The Balaban J connectivity index is 1.52. The molecule has 1 aliphatic heterocycles. The first-order valence-corrected chi connectivity index (χ1v) is 8.42. The van der Waals surface area contributed by atoms with Gasteiger partial charge in [-0.3, -0.25) is 9.59 Å². The molecule has 2 aliphatic carbocycles. The number of aliphatic hydroxyl groups excluding tert-OH is 1. The van der Waals surface area contributed by atoms with E-state index in [1.807, 2.05) is 4.90 Å². The van der Waals surface area contributed by atoms with Crippen molar-refractivity contribution in [2.75, 3.05) is 13.1 Å². The Hall–Kier alpha value is -1.10. The highest BCUT2D eigenvalue weighted by atomic mass is 16.3. The van der Waals surface area contributed by atoms with Crippen molar-refractivity contribution in [2.24, 2.45) is 11.8 Å². The summed E-state index contributed by atoms with van der Waals surface area (Å²) in [6, 6.07) is -0.0965. The summed E-state index contributed by atoms with van der Waals surface area (Å²) in [6.07, 6.45) is 7.13. The molecule has 21 heavy (non-hydrogen) atoms. The molecule has 1 heterocycles. The zero-order valence-corrected chi connectivity index (χ0v) is 12.6. The standard InChI is InChI=1S/C16H26N2O3/c19-14-6-2-1-5-13(14)17-15(20)12-4-3-9-18(10-12)16(21)11-7-8-11/h11-14,19H,1-10H2,(H,17,20)/t12?,13-,14-/m1/s1. The van der Waals surface area contributed by atoms with Crippen molar-refractivity contribution in [1.29, 1.82) is 0 Å². The molecule has 3 fully saturated rings. The Morgan fingerprint density at radius 2 is 1.71 bits per heavy atom. The first-order chi connectivity index (χ1) is 10.1. The van der Waals surface area contributed by atoms with Gasteiger partial charge in [-0.25, -0.2) is 0 Å². The minimum Gasteiger partial charge on any atom is -0.391 e.